The molecule has 7 heteroatoms. The van der Waals surface area contributed by atoms with Crippen molar-refractivity contribution < 1.29 is 4.79 Å². The molecule has 0 saturated heterocycles. The average Bonchev–Trinajstić information content (AvgIpc) is 3.12. The predicted octanol–water partition coefficient (Wildman–Crippen LogP) is 3.33. The molecule has 0 spiro atoms. The second-order valence-electron chi connectivity index (χ2n) is 6.76. The van der Waals surface area contributed by atoms with Gasteiger partial charge in [0, 0.05) is 25.3 Å². The van der Waals surface area contributed by atoms with Crippen LogP contribution in [0.1, 0.15) is 63.9 Å². The molecule has 1 amide bonds. The summed E-state index contributed by atoms with van der Waals surface area (Å²) in [6, 6.07) is 8.23. The topological polar surface area (TPSA) is 75.9 Å². The van der Waals surface area contributed by atoms with Crippen LogP contribution in [0.2, 0.25) is 0 Å². The molecule has 1 aromatic heterocycles. The van der Waals surface area contributed by atoms with Gasteiger partial charge in [0.1, 0.15) is 0 Å². The van der Waals surface area contributed by atoms with Crippen LogP contribution < -0.4 is 10.2 Å². The van der Waals surface area contributed by atoms with Crippen molar-refractivity contribution in [3.05, 3.63) is 30.1 Å². The lowest BCUT2D eigenvalue weighted by atomic mass is 9.95. The molecule has 25 heavy (non-hydrogen) atoms. The first kappa shape index (κ1) is 17.4. The number of anilines is 2. The summed E-state index contributed by atoms with van der Waals surface area (Å²) < 4.78 is 1.99. The van der Waals surface area contributed by atoms with Gasteiger partial charge in [-0.15, -0.1) is 5.10 Å². The Hall–Kier alpha value is -2.44. The van der Waals surface area contributed by atoms with Crippen molar-refractivity contribution in [1.82, 2.24) is 20.2 Å². The highest BCUT2D eigenvalue weighted by Gasteiger charge is 2.23. The molecule has 0 bridgehead atoms. The van der Waals surface area contributed by atoms with Gasteiger partial charge in [-0.1, -0.05) is 19.3 Å². The lowest BCUT2D eigenvalue weighted by Crippen LogP contribution is -2.22. The van der Waals surface area contributed by atoms with E-state index in [0.29, 0.717) is 6.04 Å². The van der Waals surface area contributed by atoms with Crippen LogP contribution >= 0.6 is 0 Å². The Labute approximate surface area is 148 Å². The van der Waals surface area contributed by atoms with Crippen LogP contribution in [0.25, 0.3) is 0 Å². The first-order valence-electron chi connectivity index (χ1n) is 8.95. The third-order valence-electron chi connectivity index (χ3n) is 4.94. The van der Waals surface area contributed by atoms with Gasteiger partial charge in [0.2, 0.25) is 5.91 Å². The predicted molar refractivity (Wildman–Crippen MR) is 97.5 cm³/mol. The SMILES string of the molecule is CC(=O)N(C)c1ccc(N[C@H](C)c2nnnn2C2CCCCC2)cc1. The Morgan fingerprint density at radius 3 is 2.56 bits per heavy atom. The number of tetrazole rings is 1. The largest absolute Gasteiger partial charge is 0.375 e. The van der Waals surface area contributed by atoms with Crippen LogP contribution in [-0.4, -0.2) is 33.2 Å². The molecule has 1 aromatic carbocycles. The van der Waals surface area contributed by atoms with E-state index in [1.807, 2.05) is 28.9 Å². The van der Waals surface area contributed by atoms with Crippen LogP contribution in [-0.2, 0) is 4.79 Å². The van der Waals surface area contributed by atoms with Crippen molar-refractivity contribution in [2.24, 2.45) is 0 Å². The van der Waals surface area contributed by atoms with Crippen LogP contribution in [0.5, 0.6) is 0 Å². The molecule has 1 saturated carbocycles. The van der Waals surface area contributed by atoms with Crippen molar-refractivity contribution in [2.45, 2.75) is 58.0 Å². The molecule has 7 nitrogen and oxygen atoms in total. The Morgan fingerprint density at radius 1 is 1.24 bits per heavy atom. The molecule has 0 unspecified atom stereocenters. The van der Waals surface area contributed by atoms with E-state index < -0.39 is 0 Å². The van der Waals surface area contributed by atoms with E-state index in [1.165, 1.54) is 19.3 Å². The summed E-state index contributed by atoms with van der Waals surface area (Å²) in [4.78, 5) is 13.1. The molecule has 2 aromatic rings. The monoisotopic (exact) mass is 342 g/mol. The van der Waals surface area contributed by atoms with Gasteiger partial charge < -0.3 is 10.2 Å². The van der Waals surface area contributed by atoms with Gasteiger partial charge >= 0.3 is 0 Å². The lowest BCUT2D eigenvalue weighted by Gasteiger charge is -2.24. The molecule has 134 valence electrons. The third kappa shape index (κ3) is 3.97. The van der Waals surface area contributed by atoms with E-state index in [-0.39, 0.29) is 11.9 Å². The van der Waals surface area contributed by atoms with Gasteiger partial charge in [0.15, 0.2) is 5.82 Å². The van der Waals surface area contributed by atoms with Crippen LogP contribution in [0, 0.1) is 0 Å². The van der Waals surface area contributed by atoms with Gasteiger partial charge in [0.05, 0.1) is 12.1 Å². The Morgan fingerprint density at radius 2 is 1.92 bits per heavy atom. The van der Waals surface area contributed by atoms with Gasteiger partial charge in [-0.25, -0.2) is 4.68 Å². The molecular weight excluding hydrogens is 316 g/mol. The second-order valence-corrected chi connectivity index (χ2v) is 6.76. The van der Waals surface area contributed by atoms with Crippen molar-refractivity contribution >= 4 is 17.3 Å². The average molecular weight is 342 g/mol. The fourth-order valence-corrected chi connectivity index (χ4v) is 3.35. The zero-order chi connectivity index (χ0) is 17.8. The second kappa shape index (κ2) is 7.63. The summed E-state index contributed by atoms with van der Waals surface area (Å²) in [6.45, 7) is 3.62. The minimum atomic E-state index is 0.00770. The van der Waals surface area contributed by atoms with E-state index in [1.54, 1.807) is 18.9 Å². The summed E-state index contributed by atoms with van der Waals surface area (Å²) in [5, 5.41) is 15.8. The van der Waals surface area contributed by atoms with E-state index in [2.05, 4.69) is 27.8 Å². The number of carbonyl (C=O) groups is 1. The third-order valence-corrected chi connectivity index (χ3v) is 4.94. The summed E-state index contributed by atoms with van der Waals surface area (Å²) >= 11 is 0. The standard InChI is InChI=1S/C18H26N6O/c1-13(18-20-21-22-24(18)17-7-5-4-6-8-17)19-15-9-11-16(12-10-15)23(3)14(2)25/h9-13,17,19H,4-8H2,1-3H3/t13-/m1/s1. The molecule has 0 radical (unpaired) electrons. The van der Waals surface area contributed by atoms with E-state index in [0.717, 1.165) is 30.0 Å². The Kier molecular flexibility index (Phi) is 5.31. The van der Waals surface area contributed by atoms with Crippen LogP contribution in [0.4, 0.5) is 11.4 Å². The summed E-state index contributed by atoms with van der Waals surface area (Å²) in [7, 11) is 1.77. The van der Waals surface area contributed by atoms with Crippen molar-refractivity contribution in [1.29, 1.82) is 0 Å². The van der Waals surface area contributed by atoms with E-state index in [4.69, 9.17) is 0 Å². The van der Waals surface area contributed by atoms with Crippen LogP contribution in [0.3, 0.4) is 0 Å². The van der Waals surface area contributed by atoms with Gasteiger partial charge in [-0.05, 0) is 54.5 Å². The Balaban J connectivity index is 1.69. The minimum Gasteiger partial charge on any atom is -0.375 e. The lowest BCUT2D eigenvalue weighted by molar-refractivity contribution is -0.116. The Bertz CT molecular complexity index is 705. The van der Waals surface area contributed by atoms with Crippen LogP contribution in [0.15, 0.2) is 24.3 Å². The number of nitrogens with zero attached hydrogens (tertiary/aromatic N) is 5. The molecule has 1 N–H and O–H groups in total. The first-order chi connectivity index (χ1) is 12.1. The van der Waals surface area contributed by atoms with Gasteiger partial charge in [0.25, 0.3) is 0 Å². The zero-order valence-electron chi connectivity index (χ0n) is 15.1. The number of hydrogen-bond acceptors (Lipinski definition) is 5. The van der Waals surface area contributed by atoms with E-state index >= 15 is 0 Å². The normalized spacial score (nSPS) is 16.4. The molecule has 1 fully saturated rings. The first-order valence-corrected chi connectivity index (χ1v) is 8.95. The van der Waals surface area contributed by atoms with Gasteiger partial charge in [-0.2, -0.15) is 0 Å². The van der Waals surface area contributed by atoms with E-state index in [9.17, 15) is 4.79 Å². The fourth-order valence-electron chi connectivity index (χ4n) is 3.35. The molecule has 0 aliphatic heterocycles. The maximum absolute atomic E-state index is 11.4. The number of hydrogen-bond donors (Lipinski definition) is 1. The summed E-state index contributed by atoms with van der Waals surface area (Å²) in [5.41, 5.74) is 1.85. The smallest absolute Gasteiger partial charge is 0.223 e. The number of carbonyl (C=O) groups excluding carboxylic acids is 1. The fraction of sp³-hybridized carbons (Fsp3) is 0.556. The van der Waals surface area contributed by atoms with Crippen molar-refractivity contribution in [3.8, 4) is 0 Å². The highest BCUT2D eigenvalue weighted by atomic mass is 16.2. The minimum absolute atomic E-state index is 0.00770. The number of benzene rings is 1. The number of aromatic nitrogens is 4. The summed E-state index contributed by atoms with van der Waals surface area (Å²) in [5.74, 6) is 0.887. The molecule has 1 aliphatic rings. The number of rotatable bonds is 5. The van der Waals surface area contributed by atoms with Crippen molar-refractivity contribution in [2.75, 3.05) is 17.3 Å². The highest BCUT2D eigenvalue weighted by molar-refractivity contribution is 5.91. The molecule has 1 heterocycles. The molecule has 1 aliphatic carbocycles. The summed E-state index contributed by atoms with van der Waals surface area (Å²) in [6.07, 6.45) is 6.10. The molecule has 1 atom stereocenters. The quantitative estimate of drug-likeness (QED) is 0.902. The maximum atomic E-state index is 11.4. The number of amides is 1. The number of nitrogens with one attached hydrogen (secondary N) is 1. The maximum Gasteiger partial charge on any atom is 0.223 e. The van der Waals surface area contributed by atoms with Crippen molar-refractivity contribution in [3.63, 3.8) is 0 Å². The molecule has 3 rings (SSSR count). The molecular formula is C18H26N6O. The zero-order valence-corrected chi connectivity index (χ0v) is 15.1. The highest BCUT2D eigenvalue weighted by Crippen LogP contribution is 2.30. The van der Waals surface area contributed by atoms with Gasteiger partial charge in [-0.3, -0.25) is 4.79 Å².